The van der Waals surface area contributed by atoms with Crippen molar-refractivity contribution < 1.29 is 23.1 Å². The fraction of sp³-hybridized carbons (Fsp3) is 0.111. The Bertz CT molecular complexity index is 1510. The number of fused-ring (bicyclic) bond motifs is 1. The third-order valence-electron chi connectivity index (χ3n) is 5.67. The van der Waals surface area contributed by atoms with E-state index in [9.17, 15) is 23.1 Å². The van der Waals surface area contributed by atoms with Crippen LogP contribution in [0.25, 0.3) is 10.8 Å². The molecule has 0 saturated heterocycles. The molecule has 5 N–H and O–H groups in total. The van der Waals surface area contributed by atoms with Crippen LogP contribution in [0.15, 0.2) is 102 Å². The van der Waals surface area contributed by atoms with E-state index in [1.165, 1.54) is 30.3 Å². The van der Waals surface area contributed by atoms with Gasteiger partial charge in [-0.05, 0) is 46.7 Å². The van der Waals surface area contributed by atoms with E-state index in [1.807, 2.05) is 24.3 Å². The first-order valence-corrected chi connectivity index (χ1v) is 12.6. The van der Waals surface area contributed by atoms with E-state index in [4.69, 9.17) is 5.73 Å². The minimum atomic E-state index is -3.92. The molecule has 36 heavy (non-hydrogen) atoms. The molecule has 0 aromatic heterocycles. The van der Waals surface area contributed by atoms with Gasteiger partial charge in [-0.15, -0.1) is 0 Å². The summed E-state index contributed by atoms with van der Waals surface area (Å²) in [5, 5.41) is 15.1. The number of benzene rings is 4. The number of nitrogens with one attached hydrogen (secondary N) is 2. The Hall–Kier alpha value is -4.21. The summed E-state index contributed by atoms with van der Waals surface area (Å²) in [4.78, 5) is 24.6. The van der Waals surface area contributed by atoms with Gasteiger partial charge in [-0.2, -0.15) is 0 Å². The van der Waals surface area contributed by atoms with Crippen molar-refractivity contribution in [2.75, 3.05) is 4.72 Å². The Labute approximate surface area is 208 Å². The van der Waals surface area contributed by atoms with Crippen LogP contribution in [0.5, 0.6) is 0 Å². The predicted molar refractivity (Wildman–Crippen MR) is 138 cm³/mol. The van der Waals surface area contributed by atoms with Gasteiger partial charge in [0.05, 0.1) is 17.0 Å². The molecule has 0 radical (unpaired) electrons. The lowest BCUT2D eigenvalue weighted by Crippen LogP contribution is -2.42. The van der Waals surface area contributed by atoms with Gasteiger partial charge in [-0.1, -0.05) is 66.7 Å². The fourth-order valence-corrected chi connectivity index (χ4v) is 4.95. The zero-order chi connectivity index (χ0) is 25.7. The second-order valence-corrected chi connectivity index (χ2v) is 9.98. The summed E-state index contributed by atoms with van der Waals surface area (Å²) in [7, 11) is -3.92. The standard InChI is InChI=1S/C27H25N3O5S/c28-25(31)17-24(26(32)19-8-2-1-3-9-19)29-27(33)21-11-6-12-22(15-21)30-36(34,35)23-14-13-18-7-4-5-10-20(18)16-23/h1-16,24,26,30,32H,17H2,(H2,28,31)(H,29,33)/t24?,26-/m0/s1. The minimum Gasteiger partial charge on any atom is -0.386 e. The molecule has 2 amide bonds. The summed E-state index contributed by atoms with van der Waals surface area (Å²) >= 11 is 0. The summed E-state index contributed by atoms with van der Waals surface area (Å²) in [6.07, 6.45) is -1.45. The average Bonchev–Trinajstić information content (AvgIpc) is 2.87. The van der Waals surface area contributed by atoms with Crippen LogP contribution in [-0.4, -0.2) is 31.4 Å². The van der Waals surface area contributed by atoms with Crippen LogP contribution < -0.4 is 15.8 Å². The number of aliphatic hydroxyl groups is 1. The van der Waals surface area contributed by atoms with Crippen molar-refractivity contribution in [2.24, 2.45) is 5.73 Å². The largest absolute Gasteiger partial charge is 0.386 e. The Morgan fingerprint density at radius 2 is 1.53 bits per heavy atom. The number of hydrogen-bond donors (Lipinski definition) is 4. The molecule has 4 rings (SSSR count). The third-order valence-corrected chi connectivity index (χ3v) is 7.05. The van der Waals surface area contributed by atoms with Gasteiger partial charge in [-0.3, -0.25) is 14.3 Å². The first-order chi connectivity index (χ1) is 17.2. The van der Waals surface area contributed by atoms with Crippen molar-refractivity contribution >= 4 is 38.3 Å². The van der Waals surface area contributed by atoms with Gasteiger partial charge in [0, 0.05) is 17.7 Å². The van der Waals surface area contributed by atoms with Crippen LogP contribution in [0.3, 0.4) is 0 Å². The number of hydrogen-bond acceptors (Lipinski definition) is 5. The van der Waals surface area contributed by atoms with Crippen LogP contribution in [-0.2, 0) is 14.8 Å². The van der Waals surface area contributed by atoms with E-state index in [1.54, 1.807) is 42.5 Å². The smallest absolute Gasteiger partial charge is 0.261 e. The van der Waals surface area contributed by atoms with Crippen molar-refractivity contribution in [3.8, 4) is 0 Å². The first kappa shape index (κ1) is 24.9. The normalized spacial score (nSPS) is 13.0. The SMILES string of the molecule is NC(=O)CC(NC(=O)c1cccc(NS(=O)(=O)c2ccc3ccccc3c2)c1)[C@@H](O)c1ccccc1. The Morgan fingerprint density at radius 3 is 2.25 bits per heavy atom. The van der Waals surface area contributed by atoms with Crippen molar-refractivity contribution in [3.63, 3.8) is 0 Å². The van der Waals surface area contributed by atoms with Crippen molar-refractivity contribution in [1.82, 2.24) is 5.32 Å². The van der Waals surface area contributed by atoms with E-state index in [0.717, 1.165) is 10.8 Å². The van der Waals surface area contributed by atoms with Crippen molar-refractivity contribution in [1.29, 1.82) is 0 Å². The topological polar surface area (TPSA) is 139 Å². The molecule has 2 atom stereocenters. The monoisotopic (exact) mass is 503 g/mol. The van der Waals surface area contributed by atoms with E-state index in [-0.39, 0.29) is 22.6 Å². The quantitative estimate of drug-likeness (QED) is 0.277. The number of amides is 2. The number of carbonyl (C=O) groups is 2. The molecule has 184 valence electrons. The van der Waals surface area contributed by atoms with Crippen LogP contribution in [0.4, 0.5) is 5.69 Å². The highest BCUT2D eigenvalue weighted by molar-refractivity contribution is 7.92. The van der Waals surface area contributed by atoms with Gasteiger partial charge in [0.15, 0.2) is 0 Å². The lowest BCUT2D eigenvalue weighted by molar-refractivity contribution is -0.119. The van der Waals surface area contributed by atoms with E-state index in [2.05, 4.69) is 10.0 Å². The van der Waals surface area contributed by atoms with Crippen molar-refractivity contribution in [3.05, 3.63) is 108 Å². The maximum atomic E-state index is 13.0. The third kappa shape index (κ3) is 5.88. The van der Waals surface area contributed by atoms with Gasteiger partial charge in [0.1, 0.15) is 0 Å². The molecule has 0 spiro atoms. The molecular formula is C27H25N3O5S. The Balaban J connectivity index is 1.53. The summed E-state index contributed by atoms with van der Waals surface area (Å²) in [5.74, 6) is -1.28. The lowest BCUT2D eigenvalue weighted by atomic mass is 9.99. The zero-order valence-electron chi connectivity index (χ0n) is 19.2. The van der Waals surface area contributed by atoms with E-state index in [0.29, 0.717) is 5.56 Å². The number of carbonyl (C=O) groups excluding carboxylic acids is 2. The molecule has 0 heterocycles. The average molecular weight is 504 g/mol. The number of sulfonamides is 1. The maximum Gasteiger partial charge on any atom is 0.261 e. The van der Waals surface area contributed by atoms with Gasteiger partial charge < -0.3 is 16.2 Å². The molecule has 4 aromatic rings. The van der Waals surface area contributed by atoms with Gasteiger partial charge in [-0.25, -0.2) is 8.42 Å². The fourth-order valence-electron chi connectivity index (χ4n) is 3.87. The number of primary amides is 1. The summed E-state index contributed by atoms with van der Waals surface area (Å²) in [6, 6.07) is 25.8. The second kappa shape index (κ2) is 10.6. The molecule has 0 aliphatic carbocycles. The van der Waals surface area contributed by atoms with E-state index < -0.39 is 34.0 Å². The molecule has 0 aliphatic heterocycles. The molecule has 0 fully saturated rings. The first-order valence-electron chi connectivity index (χ1n) is 11.2. The van der Waals surface area contributed by atoms with Gasteiger partial charge in [0.2, 0.25) is 5.91 Å². The Kier molecular flexibility index (Phi) is 7.33. The van der Waals surface area contributed by atoms with E-state index >= 15 is 0 Å². The van der Waals surface area contributed by atoms with Crippen molar-refractivity contribution in [2.45, 2.75) is 23.5 Å². The van der Waals surface area contributed by atoms with Crippen LogP contribution >= 0.6 is 0 Å². The molecular weight excluding hydrogens is 478 g/mol. The highest BCUT2D eigenvalue weighted by Crippen LogP contribution is 2.23. The lowest BCUT2D eigenvalue weighted by Gasteiger charge is -2.23. The highest BCUT2D eigenvalue weighted by atomic mass is 32.2. The summed E-state index contributed by atoms with van der Waals surface area (Å²) in [6.45, 7) is 0. The molecule has 1 unspecified atom stereocenters. The number of anilines is 1. The minimum absolute atomic E-state index is 0.0866. The Morgan fingerprint density at radius 1 is 0.833 bits per heavy atom. The predicted octanol–water partition coefficient (Wildman–Crippen LogP) is 3.35. The molecule has 0 aliphatic rings. The highest BCUT2D eigenvalue weighted by Gasteiger charge is 2.25. The molecule has 0 bridgehead atoms. The summed E-state index contributed by atoms with van der Waals surface area (Å²) in [5.41, 5.74) is 6.17. The van der Waals surface area contributed by atoms with Crippen LogP contribution in [0.2, 0.25) is 0 Å². The number of aliphatic hydroxyl groups excluding tert-OH is 1. The number of rotatable bonds is 9. The second-order valence-electron chi connectivity index (χ2n) is 8.30. The van der Waals surface area contributed by atoms with Crippen LogP contribution in [0.1, 0.15) is 28.4 Å². The van der Waals surface area contributed by atoms with Crippen LogP contribution in [0, 0.1) is 0 Å². The molecule has 9 heteroatoms. The molecule has 8 nitrogen and oxygen atoms in total. The maximum absolute atomic E-state index is 13.0. The summed E-state index contributed by atoms with van der Waals surface area (Å²) < 4.78 is 28.4. The van der Waals surface area contributed by atoms with Gasteiger partial charge >= 0.3 is 0 Å². The van der Waals surface area contributed by atoms with Gasteiger partial charge in [0.25, 0.3) is 15.9 Å². The number of nitrogens with two attached hydrogens (primary N) is 1. The zero-order valence-corrected chi connectivity index (χ0v) is 20.0. The molecule has 4 aromatic carbocycles. The molecule has 0 saturated carbocycles.